The van der Waals surface area contributed by atoms with Gasteiger partial charge in [0.15, 0.2) is 24.6 Å². The van der Waals surface area contributed by atoms with Gasteiger partial charge in [0, 0.05) is 24.5 Å². The van der Waals surface area contributed by atoms with Crippen LogP contribution in [0.25, 0.3) is 10.4 Å². The molecule has 0 unspecified atom stereocenters. The van der Waals surface area contributed by atoms with E-state index in [0.717, 1.165) is 23.1 Å². The van der Waals surface area contributed by atoms with Crippen LogP contribution in [0.4, 0.5) is 0 Å². The topological polar surface area (TPSA) is 189 Å². The van der Waals surface area contributed by atoms with Gasteiger partial charge in [0.2, 0.25) is 0 Å². The molecule has 0 aromatic heterocycles. The van der Waals surface area contributed by atoms with Crippen molar-refractivity contribution in [3.05, 3.63) is 117 Å². The summed E-state index contributed by atoms with van der Waals surface area (Å²) >= 11 is 0. The van der Waals surface area contributed by atoms with Crippen LogP contribution in [0, 0.1) is 20.8 Å². The van der Waals surface area contributed by atoms with E-state index in [1.165, 1.54) is 6.92 Å². The van der Waals surface area contributed by atoms with Crippen LogP contribution in [0.5, 0.6) is 0 Å². The highest BCUT2D eigenvalue weighted by Crippen LogP contribution is 2.32. The van der Waals surface area contributed by atoms with Gasteiger partial charge in [-0.05, 0) is 82.5 Å². The number of rotatable bonds is 19. The number of hydrogen-bond donors (Lipinski definition) is 0. The van der Waals surface area contributed by atoms with Gasteiger partial charge in [-0.25, -0.2) is 14.4 Å². The van der Waals surface area contributed by atoms with Gasteiger partial charge in [0.1, 0.15) is 18.5 Å². The Bertz CT molecular complexity index is 1810. The number of ketones is 1. The monoisotopic (exact) mass is 757 g/mol. The first-order valence-electron chi connectivity index (χ1n) is 18.2. The summed E-state index contributed by atoms with van der Waals surface area (Å²) in [4.78, 5) is 68.2. The van der Waals surface area contributed by atoms with Crippen molar-refractivity contribution in [2.24, 2.45) is 5.11 Å². The first-order valence-corrected chi connectivity index (χ1v) is 18.2. The summed E-state index contributed by atoms with van der Waals surface area (Å²) in [5.41, 5.74) is 11.8. The summed E-state index contributed by atoms with van der Waals surface area (Å²) in [6.45, 7) is 6.93. The third-order valence-corrected chi connectivity index (χ3v) is 8.77. The first-order chi connectivity index (χ1) is 26.4. The van der Waals surface area contributed by atoms with E-state index < -0.39 is 61.2 Å². The van der Waals surface area contributed by atoms with Gasteiger partial charge in [0.05, 0.1) is 23.1 Å². The minimum atomic E-state index is -1.53. The van der Waals surface area contributed by atoms with Crippen LogP contribution < -0.4 is 0 Å². The lowest BCUT2D eigenvalue weighted by atomic mass is 9.97. The third kappa shape index (κ3) is 13.4. The molecule has 14 nitrogen and oxygen atoms in total. The number of nitrogens with zero attached hydrogens (tertiary/aromatic N) is 3. The molecule has 1 aliphatic rings. The van der Waals surface area contributed by atoms with Gasteiger partial charge in [-0.15, -0.1) is 0 Å². The van der Waals surface area contributed by atoms with E-state index in [1.807, 2.05) is 20.8 Å². The summed E-state index contributed by atoms with van der Waals surface area (Å²) in [5.74, 6) is -3.31. The molecule has 3 aromatic carbocycles. The van der Waals surface area contributed by atoms with Gasteiger partial charge in [-0.1, -0.05) is 71.0 Å². The van der Waals surface area contributed by atoms with Crippen LogP contribution in [0.1, 0.15) is 93.2 Å². The number of unbranched alkanes of at least 4 members (excludes halogenated alkanes) is 3. The quantitative estimate of drug-likeness (QED) is 0.0302. The van der Waals surface area contributed by atoms with Crippen molar-refractivity contribution in [1.82, 2.24) is 0 Å². The Morgan fingerprint density at radius 2 is 1.13 bits per heavy atom. The van der Waals surface area contributed by atoms with E-state index in [2.05, 4.69) is 10.0 Å². The highest BCUT2D eigenvalue weighted by atomic mass is 16.7. The number of benzene rings is 3. The Morgan fingerprint density at radius 3 is 1.62 bits per heavy atom. The second-order valence-electron chi connectivity index (χ2n) is 13.4. The molecular weight excluding hydrogens is 710 g/mol. The fourth-order valence-electron chi connectivity index (χ4n) is 5.60. The smallest absolute Gasteiger partial charge is 0.338 e. The lowest BCUT2D eigenvalue weighted by Gasteiger charge is -2.44. The minimum absolute atomic E-state index is 0.0430. The standard InChI is InChI=1S/C41H47N3O11/c1-26-9-16-30(17-10-26)38(47)53-35-33(25-51-34(46)22-15-29(4)45)52-41(50-24-8-6-5-7-23-43-44-42)37(55-40(49)32-20-13-28(3)14-21-32)36(35)54-39(48)31-18-11-27(2)12-19-31/h9-14,16-21,33,35-37,41H,5-8,15,22-25H2,1-4H3/t33-,35-,36+,37-,41-/m1/s1. The largest absolute Gasteiger partial charge is 0.463 e. The van der Waals surface area contributed by atoms with E-state index in [1.54, 1.807) is 72.8 Å². The number of Topliss-reactive ketones (excluding diaryl/α,β-unsaturated/α-hetero) is 1. The molecule has 0 amide bonds. The van der Waals surface area contributed by atoms with E-state index in [9.17, 15) is 24.0 Å². The predicted octanol–water partition coefficient (Wildman–Crippen LogP) is 7.11. The first kappa shape index (κ1) is 42.2. The van der Waals surface area contributed by atoms with Crippen LogP contribution in [-0.4, -0.2) is 80.1 Å². The maximum Gasteiger partial charge on any atom is 0.338 e. The maximum atomic E-state index is 13.8. The zero-order valence-electron chi connectivity index (χ0n) is 31.5. The predicted molar refractivity (Wildman–Crippen MR) is 199 cm³/mol. The van der Waals surface area contributed by atoms with Crippen molar-refractivity contribution in [2.45, 2.75) is 96.9 Å². The summed E-state index contributed by atoms with van der Waals surface area (Å²) in [5, 5.41) is 3.55. The van der Waals surface area contributed by atoms with E-state index in [0.29, 0.717) is 25.8 Å². The highest BCUT2D eigenvalue weighted by Gasteiger charge is 2.53. The van der Waals surface area contributed by atoms with Gasteiger partial charge >= 0.3 is 23.9 Å². The molecule has 14 heteroatoms. The lowest BCUT2D eigenvalue weighted by molar-refractivity contribution is -0.299. The lowest BCUT2D eigenvalue weighted by Crippen LogP contribution is -2.63. The molecule has 292 valence electrons. The Labute approximate surface area is 320 Å². The van der Waals surface area contributed by atoms with Crippen LogP contribution in [0.15, 0.2) is 77.9 Å². The second-order valence-corrected chi connectivity index (χ2v) is 13.4. The van der Waals surface area contributed by atoms with Crippen molar-refractivity contribution in [3.63, 3.8) is 0 Å². The average Bonchev–Trinajstić information content (AvgIpc) is 3.16. The molecule has 1 aliphatic heterocycles. The molecule has 5 atom stereocenters. The minimum Gasteiger partial charge on any atom is -0.463 e. The summed E-state index contributed by atoms with van der Waals surface area (Å²) in [6.07, 6.45) is -4.71. The van der Waals surface area contributed by atoms with Crippen molar-refractivity contribution >= 4 is 29.7 Å². The molecule has 55 heavy (non-hydrogen) atoms. The molecule has 0 aliphatic carbocycles. The Morgan fingerprint density at radius 1 is 0.655 bits per heavy atom. The zero-order valence-corrected chi connectivity index (χ0v) is 31.5. The molecule has 1 saturated heterocycles. The third-order valence-electron chi connectivity index (χ3n) is 8.77. The van der Waals surface area contributed by atoms with Crippen LogP contribution >= 0.6 is 0 Å². The second kappa shape index (κ2) is 21.4. The van der Waals surface area contributed by atoms with Crippen LogP contribution in [0.2, 0.25) is 0 Å². The molecule has 0 radical (unpaired) electrons. The number of hydrogen-bond acceptors (Lipinski definition) is 12. The van der Waals surface area contributed by atoms with Gasteiger partial charge in [0.25, 0.3) is 0 Å². The molecular formula is C41H47N3O11. The van der Waals surface area contributed by atoms with E-state index in [-0.39, 0.29) is 41.9 Å². The molecule has 0 spiro atoms. The van der Waals surface area contributed by atoms with Crippen molar-refractivity contribution in [2.75, 3.05) is 19.8 Å². The number of carbonyl (C=O) groups excluding carboxylic acids is 5. The number of carbonyl (C=O) groups is 5. The molecule has 3 aromatic rings. The van der Waals surface area contributed by atoms with Crippen molar-refractivity contribution in [3.8, 4) is 0 Å². The van der Waals surface area contributed by atoms with Crippen LogP contribution in [0.3, 0.4) is 0 Å². The van der Waals surface area contributed by atoms with E-state index >= 15 is 0 Å². The average molecular weight is 758 g/mol. The maximum absolute atomic E-state index is 13.8. The molecule has 0 bridgehead atoms. The van der Waals surface area contributed by atoms with E-state index in [4.69, 9.17) is 34.0 Å². The Balaban J connectivity index is 1.73. The van der Waals surface area contributed by atoms with Crippen molar-refractivity contribution in [1.29, 1.82) is 0 Å². The Kier molecular flexibility index (Phi) is 16.4. The molecule has 4 rings (SSSR count). The van der Waals surface area contributed by atoms with Crippen LogP contribution in [-0.2, 0) is 38.0 Å². The summed E-state index contributed by atoms with van der Waals surface area (Å²) in [6, 6.07) is 19.8. The fraction of sp³-hybridized carbons (Fsp3) is 0.439. The summed E-state index contributed by atoms with van der Waals surface area (Å²) < 4.78 is 36.2. The molecule has 1 fully saturated rings. The van der Waals surface area contributed by atoms with Gasteiger partial charge < -0.3 is 33.2 Å². The zero-order chi connectivity index (χ0) is 39.7. The number of ether oxygens (including phenoxy) is 6. The molecule has 0 saturated carbocycles. The molecule has 1 heterocycles. The van der Waals surface area contributed by atoms with Gasteiger partial charge in [-0.3, -0.25) is 4.79 Å². The summed E-state index contributed by atoms with van der Waals surface area (Å²) in [7, 11) is 0. The van der Waals surface area contributed by atoms with Crippen molar-refractivity contribution < 1.29 is 52.4 Å². The fourth-order valence-corrected chi connectivity index (χ4v) is 5.60. The number of esters is 4. The highest BCUT2D eigenvalue weighted by molar-refractivity contribution is 5.91. The number of aryl methyl sites for hydroxylation is 3. The SMILES string of the molecule is CC(=O)CCC(=O)OC[C@H]1O[C@@H](OCCCCCCN=[N+]=[N-])[C@H](OC(=O)c2ccc(C)cc2)[C@@H](OC(=O)c2ccc(C)cc2)[C@@H]1OC(=O)c1ccc(C)cc1. The Hall–Kier alpha value is -5.56. The van der Waals surface area contributed by atoms with Gasteiger partial charge in [-0.2, -0.15) is 0 Å². The molecule has 0 N–H and O–H groups in total. The number of azide groups is 1. The normalized spacial score (nSPS) is 19.0.